The number of carbonyl (C=O) groups excluding carboxylic acids is 1. The Morgan fingerprint density at radius 1 is 1.35 bits per heavy atom. The van der Waals surface area contributed by atoms with Crippen molar-refractivity contribution in [3.63, 3.8) is 0 Å². The molecule has 2 heterocycles. The van der Waals surface area contributed by atoms with E-state index in [9.17, 15) is 4.79 Å². The van der Waals surface area contributed by atoms with Gasteiger partial charge in [0.1, 0.15) is 10.8 Å². The minimum absolute atomic E-state index is 0.0499. The molecule has 0 aliphatic heterocycles. The molecule has 1 saturated carbocycles. The van der Waals surface area contributed by atoms with Gasteiger partial charge in [-0.2, -0.15) is 9.61 Å². The van der Waals surface area contributed by atoms with Crippen LogP contribution in [-0.4, -0.2) is 31.8 Å². The van der Waals surface area contributed by atoms with Gasteiger partial charge in [0.25, 0.3) is 0 Å². The number of ether oxygens (including phenoxy) is 1. The van der Waals surface area contributed by atoms with Gasteiger partial charge in [-0.05, 0) is 38.8 Å². The number of benzene rings is 1. The molecule has 2 aromatic heterocycles. The zero-order valence-corrected chi connectivity index (χ0v) is 15.6. The van der Waals surface area contributed by atoms with E-state index in [-0.39, 0.29) is 12.0 Å². The van der Waals surface area contributed by atoms with Crippen LogP contribution in [0.25, 0.3) is 4.96 Å². The van der Waals surface area contributed by atoms with Gasteiger partial charge in [-0.15, -0.1) is 10.2 Å². The Bertz CT molecular complexity index is 929. The number of nitrogens with zero attached hydrogens (tertiary/aromatic N) is 4. The summed E-state index contributed by atoms with van der Waals surface area (Å²) in [5.74, 6) is 2.08. The molecule has 0 unspecified atom stereocenters. The molecule has 1 aliphatic rings. The molecule has 1 N–H and O–H groups in total. The van der Waals surface area contributed by atoms with Crippen molar-refractivity contribution < 1.29 is 9.53 Å². The molecule has 26 heavy (non-hydrogen) atoms. The number of hydrogen-bond acceptors (Lipinski definition) is 6. The van der Waals surface area contributed by atoms with Crippen LogP contribution in [0.3, 0.4) is 0 Å². The van der Waals surface area contributed by atoms with E-state index < -0.39 is 0 Å². The summed E-state index contributed by atoms with van der Waals surface area (Å²) in [7, 11) is 0. The van der Waals surface area contributed by atoms with Crippen molar-refractivity contribution >= 4 is 27.9 Å². The fourth-order valence-electron chi connectivity index (χ4n) is 2.73. The van der Waals surface area contributed by atoms with Crippen molar-refractivity contribution in [1.82, 2.24) is 19.8 Å². The van der Waals surface area contributed by atoms with E-state index >= 15 is 0 Å². The number of aromatic nitrogens is 4. The Morgan fingerprint density at radius 2 is 2.15 bits per heavy atom. The van der Waals surface area contributed by atoms with E-state index in [1.165, 1.54) is 11.3 Å². The number of aryl methyl sites for hydroxylation is 1. The monoisotopic (exact) mass is 371 g/mol. The second-order valence-corrected chi connectivity index (χ2v) is 7.77. The summed E-state index contributed by atoms with van der Waals surface area (Å²) in [5, 5.41) is 16.8. The third kappa shape index (κ3) is 3.70. The van der Waals surface area contributed by atoms with E-state index in [4.69, 9.17) is 4.74 Å². The first-order valence-corrected chi connectivity index (χ1v) is 9.68. The molecule has 0 spiro atoms. The van der Waals surface area contributed by atoms with Gasteiger partial charge in [0.05, 0.1) is 11.8 Å². The minimum atomic E-state index is -0.0572. The molecule has 3 aromatic rings. The SMILES string of the molecule is CC(C)Oc1ccccc1NC(=O)CCc1nn2c(C3CC3)nnc2s1. The number of nitrogens with one attached hydrogen (secondary N) is 1. The van der Waals surface area contributed by atoms with E-state index in [0.717, 1.165) is 28.6 Å². The standard InChI is InChI=1S/C18H21N5O2S/c1-11(2)25-14-6-4-3-5-13(14)19-15(24)9-10-16-22-23-17(12-7-8-12)20-21-18(23)26-16/h3-6,11-12H,7-10H2,1-2H3,(H,19,24). The van der Waals surface area contributed by atoms with Crippen LogP contribution in [0, 0.1) is 0 Å². The number of anilines is 1. The first kappa shape index (κ1) is 17.0. The molecule has 1 fully saturated rings. The van der Waals surface area contributed by atoms with Gasteiger partial charge in [-0.1, -0.05) is 23.5 Å². The number of para-hydroxylation sites is 2. The van der Waals surface area contributed by atoms with Crippen LogP contribution in [0.15, 0.2) is 24.3 Å². The first-order chi connectivity index (χ1) is 12.6. The summed E-state index contributed by atoms with van der Waals surface area (Å²) in [6.45, 7) is 3.92. The molecule has 1 amide bonds. The summed E-state index contributed by atoms with van der Waals surface area (Å²) < 4.78 is 7.57. The number of amides is 1. The Kier molecular flexibility index (Phi) is 4.58. The summed E-state index contributed by atoms with van der Waals surface area (Å²) in [6.07, 6.45) is 3.31. The number of rotatable bonds is 7. The number of fused-ring (bicyclic) bond motifs is 1. The lowest BCUT2D eigenvalue weighted by molar-refractivity contribution is -0.116. The third-order valence-electron chi connectivity index (χ3n) is 4.09. The van der Waals surface area contributed by atoms with Crippen molar-refractivity contribution in [3.8, 4) is 5.75 Å². The molecule has 0 saturated heterocycles. The van der Waals surface area contributed by atoms with E-state index in [2.05, 4.69) is 20.6 Å². The molecular weight excluding hydrogens is 350 g/mol. The van der Waals surface area contributed by atoms with Gasteiger partial charge in [0, 0.05) is 18.8 Å². The van der Waals surface area contributed by atoms with Crippen LogP contribution in [0.1, 0.15) is 49.9 Å². The Morgan fingerprint density at radius 3 is 2.92 bits per heavy atom. The highest BCUT2D eigenvalue weighted by Gasteiger charge is 2.30. The highest BCUT2D eigenvalue weighted by molar-refractivity contribution is 7.16. The second kappa shape index (κ2) is 7.03. The maximum Gasteiger partial charge on any atom is 0.234 e. The molecule has 1 aliphatic carbocycles. The molecule has 7 nitrogen and oxygen atoms in total. The van der Waals surface area contributed by atoms with Crippen molar-refractivity contribution in [3.05, 3.63) is 35.1 Å². The van der Waals surface area contributed by atoms with Gasteiger partial charge in [0.2, 0.25) is 10.9 Å². The molecule has 136 valence electrons. The third-order valence-corrected chi connectivity index (χ3v) is 5.05. The topological polar surface area (TPSA) is 81.4 Å². The highest BCUT2D eigenvalue weighted by Crippen LogP contribution is 2.39. The lowest BCUT2D eigenvalue weighted by Crippen LogP contribution is -2.14. The lowest BCUT2D eigenvalue weighted by Gasteiger charge is -2.14. The summed E-state index contributed by atoms with van der Waals surface area (Å²) in [4.78, 5) is 13.1. The van der Waals surface area contributed by atoms with Gasteiger partial charge in [0.15, 0.2) is 5.82 Å². The van der Waals surface area contributed by atoms with Crippen molar-refractivity contribution in [2.75, 3.05) is 5.32 Å². The minimum Gasteiger partial charge on any atom is -0.489 e. The fraction of sp³-hybridized carbons (Fsp3) is 0.444. The van der Waals surface area contributed by atoms with Crippen LogP contribution in [0.2, 0.25) is 0 Å². The van der Waals surface area contributed by atoms with Crippen LogP contribution < -0.4 is 10.1 Å². The maximum absolute atomic E-state index is 12.3. The predicted octanol–water partition coefficient (Wildman–Crippen LogP) is 3.42. The van der Waals surface area contributed by atoms with Crippen molar-refractivity contribution in [2.45, 2.75) is 51.6 Å². The molecular formula is C18H21N5O2S. The van der Waals surface area contributed by atoms with Crippen molar-refractivity contribution in [1.29, 1.82) is 0 Å². The molecule has 0 radical (unpaired) electrons. The smallest absolute Gasteiger partial charge is 0.234 e. The van der Waals surface area contributed by atoms with Gasteiger partial charge in [-0.25, -0.2) is 0 Å². The quantitative estimate of drug-likeness (QED) is 0.688. The fourth-order valence-corrected chi connectivity index (χ4v) is 3.57. The number of carbonyl (C=O) groups is 1. The average molecular weight is 371 g/mol. The van der Waals surface area contributed by atoms with E-state index in [1.807, 2.05) is 42.6 Å². The largest absolute Gasteiger partial charge is 0.489 e. The van der Waals surface area contributed by atoms with Crippen LogP contribution in [0.4, 0.5) is 5.69 Å². The molecule has 1 aromatic carbocycles. The molecule has 8 heteroatoms. The normalized spacial score (nSPS) is 14.1. The Hall–Kier alpha value is -2.48. The molecule has 0 atom stereocenters. The highest BCUT2D eigenvalue weighted by atomic mass is 32.1. The molecule has 0 bridgehead atoms. The summed E-state index contributed by atoms with van der Waals surface area (Å²) in [6, 6.07) is 7.48. The average Bonchev–Trinajstić information content (AvgIpc) is 3.24. The number of hydrogen-bond donors (Lipinski definition) is 1. The van der Waals surface area contributed by atoms with Crippen molar-refractivity contribution in [2.24, 2.45) is 0 Å². The Labute approximate surface area is 155 Å². The Balaban J connectivity index is 1.38. The lowest BCUT2D eigenvalue weighted by atomic mass is 10.2. The van der Waals surface area contributed by atoms with E-state index in [0.29, 0.717) is 30.2 Å². The van der Waals surface area contributed by atoms with E-state index in [1.54, 1.807) is 0 Å². The van der Waals surface area contributed by atoms with Gasteiger partial charge in [-0.3, -0.25) is 4.79 Å². The van der Waals surface area contributed by atoms with Gasteiger partial charge >= 0.3 is 0 Å². The molecule has 4 rings (SSSR count). The van der Waals surface area contributed by atoms with Crippen LogP contribution >= 0.6 is 11.3 Å². The zero-order valence-electron chi connectivity index (χ0n) is 14.8. The second-order valence-electron chi connectivity index (χ2n) is 6.73. The zero-order chi connectivity index (χ0) is 18.1. The first-order valence-electron chi connectivity index (χ1n) is 8.86. The van der Waals surface area contributed by atoms with Gasteiger partial charge < -0.3 is 10.1 Å². The summed E-state index contributed by atoms with van der Waals surface area (Å²) in [5.41, 5.74) is 0.695. The predicted molar refractivity (Wildman–Crippen MR) is 99.8 cm³/mol. The summed E-state index contributed by atoms with van der Waals surface area (Å²) >= 11 is 1.50. The maximum atomic E-state index is 12.3. The van der Waals surface area contributed by atoms with Crippen LogP contribution in [0.5, 0.6) is 5.75 Å². The van der Waals surface area contributed by atoms with Crippen LogP contribution in [-0.2, 0) is 11.2 Å².